The lowest BCUT2D eigenvalue weighted by molar-refractivity contribution is 0.0999. The van der Waals surface area contributed by atoms with Gasteiger partial charge in [-0.15, -0.1) is 0 Å². The Labute approximate surface area is 114 Å². The molecule has 1 saturated heterocycles. The maximum atomic E-state index is 11.7. The molecule has 0 spiro atoms. The molecule has 0 radical (unpaired) electrons. The van der Waals surface area contributed by atoms with Gasteiger partial charge in [-0.2, -0.15) is 0 Å². The van der Waals surface area contributed by atoms with Crippen molar-refractivity contribution in [2.24, 2.45) is 5.73 Å². The fraction of sp³-hybridized carbons (Fsp3) is 0.571. The van der Waals surface area contributed by atoms with Crippen LogP contribution >= 0.6 is 0 Å². The molecule has 0 saturated carbocycles. The molecule has 1 fully saturated rings. The highest BCUT2D eigenvalue weighted by molar-refractivity contribution is 5.99. The Morgan fingerprint density at radius 2 is 2.21 bits per heavy atom. The first-order valence-corrected chi connectivity index (χ1v) is 6.80. The van der Waals surface area contributed by atoms with Crippen LogP contribution in [0.5, 0.6) is 0 Å². The Morgan fingerprint density at radius 1 is 1.53 bits per heavy atom. The molecule has 0 atom stereocenters. The summed E-state index contributed by atoms with van der Waals surface area (Å²) in [6, 6.07) is 2.42. The van der Waals surface area contributed by atoms with Gasteiger partial charge in [0, 0.05) is 25.3 Å². The predicted octanol–water partition coefficient (Wildman–Crippen LogP) is 0.986. The topological polar surface area (TPSA) is 71.2 Å². The summed E-state index contributed by atoms with van der Waals surface area (Å²) < 4.78 is 0. The average Bonchev–Trinajstić information content (AvgIpc) is 2.24. The molecule has 1 aliphatic heterocycles. The van der Waals surface area contributed by atoms with Gasteiger partial charge in [-0.25, -0.2) is 0 Å². The van der Waals surface area contributed by atoms with Crippen molar-refractivity contribution in [2.45, 2.75) is 33.2 Å². The quantitative estimate of drug-likeness (QED) is 0.830. The number of nitrogens with one attached hydrogen (secondary N) is 1. The fourth-order valence-electron chi connectivity index (χ4n) is 2.57. The van der Waals surface area contributed by atoms with Gasteiger partial charge in [-0.3, -0.25) is 9.78 Å². The van der Waals surface area contributed by atoms with Crippen LogP contribution in [0.25, 0.3) is 0 Å². The number of amides is 1. The Kier molecular flexibility index (Phi) is 4.04. The molecule has 1 amide bonds. The van der Waals surface area contributed by atoms with Crippen LogP contribution in [-0.4, -0.2) is 36.6 Å². The van der Waals surface area contributed by atoms with Crippen LogP contribution in [0.3, 0.4) is 0 Å². The SMILES string of the molecule is CCCN(c1cc(C)nc(C)c1C(N)=O)C1CNC1. The van der Waals surface area contributed by atoms with Crippen molar-refractivity contribution in [3.63, 3.8) is 0 Å². The first-order chi connectivity index (χ1) is 9.04. The average molecular weight is 262 g/mol. The lowest BCUT2D eigenvalue weighted by Crippen LogP contribution is -2.58. The molecular weight excluding hydrogens is 240 g/mol. The van der Waals surface area contributed by atoms with E-state index in [-0.39, 0.29) is 0 Å². The van der Waals surface area contributed by atoms with Crippen LogP contribution in [0.2, 0.25) is 0 Å². The molecule has 1 aromatic heterocycles. The van der Waals surface area contributed by atoms with Crippen LogP contribution < -0.4 is 16.0 Å². The van der Waals surface area contributed by atoms with E-state index in [0.29, 0.717) is 11.6 Å². The number of carbonyl (C=O) groups excluding carboxylic acids is 1. The maximum Gasteiger partial charge on any atom is 0.252 e. The fourth-order valence-corrected chi connectivity index (χ4v) is 2.57. The van der Waals surface area contributed by atoms with Gasteiger partial charge >= 0.3 is 0 Å². The number of aromatic nitrogens is 1. The van der Waals surface area contributed by atoms with E-state index < -0.39 is 5.91 Å². The summed E-state index contributed by atoms with van der Waals surface area (Å²) in [5.41, 5.74) is 8.68. The number of rotatable bonds is 5. The van der Waals surface area contributed by atoms with Crippen molar-refractivity contribution in [1.82, 2.24) is 10.3 Å². The Bertz CT molecular complexity index is 483. The van der Waals surface area contributed by atoms with E-state index in [1.165, 1.54) is 0 Å². The third-order valence-electron chi connectivity index (χ3n) is 3.53. The smallest absolute Gasteiger partial charge is 0.252 e. The van der Waals surface area contributed by atoms with E-state index in [9.17, 15) is 4.79 Å². The number of anilines is 1. The summed E-state index contributed by atoms with van der Waals surface area (Å²) in [6.45, 7) is 8.78. The second-order valence-electron chi connectivity index (χ2n) is 5.11. The minimum atomic E-state index is -0.395. The third kappa shape index (κ3) is 2.71. The molecule has 2 rings (SSSR count). The number of nitrogens with zero attached hydrogens (tertiary/aromatic N) is 2. The molecule has 0 bridgehead atoms. The summed E-state index contributed by atoms with van der Waals surface area (Å²) in [6.07, 6.45) is 1.04. The number of primary amides is 1. The van der Waals surface area contributed by atoms with Gasteiger partial charge in [0.25, 0.3) is 5.91 Å². The molecule has 19 heavy (non-hydrogen) atoms. The standard InChI is InChI=1S/C14H22N4O/c1-4-5-18(11-7-16-8-11)12-6-9(2)17-10(3)13(12)14(15)19/h6,11,16H,4-5,7-8H2,1-3H3,(H2,15,19). The zero-order valence-electron chi connectivity index (χ0n) is 11.9. The normalized spacial score (nSPS) is 15.1. The molecule has 3 N–H and O–H groups in total. The van der Waals surface area contributed by atoms with Gasteiger partial charge in [-0.1, -0.05) is 6.92 Å². The van der Waals surface area contributed by atoms with Crippen LogP contribution in [0.4, 0.5) is 5.69 Å². The summed E-state index contributed by atoms with van der Waals surface area (Å²) in [5, 5.41) is 3.27. The van der Waals surface area contributed by atoms with Crippen LogP contribution in [0, 0.1) is 13.8 Å². The Morgan fingerprint density at radius 3 is 2.68 bits per heavy atom. The van der Waals surface area contributed by atoms with Crippen molar-refractivity contribution in [1.29, 1.82) is 0 Å². The summed E-state index contributed by atoms with van der Waals surface area (Å²) >= 11 is 0. The number of pyridine rings is 1. The zero-order valence-corrected chi connectivity index (χ0v) is 11.9. The number of carbonyl (C=O) groups is 1. The highest BCUT2D eigenvalue weighted by Crippen LogP contribution is 2.26. The van der Waals surface area contributed by atoms with Crippen LogP contribution in [0.15, 0.2) is 6.07 Å². The van der Waals surface area contributed by atoms with E-state index in [0.717, 1.165) is 43.1 Å². The lowest BCUT2D eigenvalue weighted by Gasteiger charge is -2.40. The van der Waals surface area contributed by atoms with Crippen LogP contribution in [-0.2, 0) is 0 Å². The molecule has 0 unspecified atom stereocenters. The Hall–Kier alpha value is -1.62. The van der Waals surface area contributed by atoms with Crippen molar-refractivity contribution in [2.75, 3.05) is 24.5 Å². The van der Waals surface area contributed by atoms with E-state index in [1.807, 2.05) is 19.9 Å². The molecule has 0 aliphatic carbocycles. The number of hydrogen-bond acceptors (Lipinski definition) is 4. The van der Waals surface area contributed by atoms with E-state index >= 15 is 0 Å². The third-order valence-corrected chi connectivity index (χ3v) is 3.53. The van der Waals surface area contributed by atoms with Crippen LogP contribution in [0.1, 0.15) is 35.1 Å². The lowest BCUT2D eigenvalue weighted by atomic mass is 10.0. The maximum absolute atomic E-state index is 11.7. The predicted molar refractivity (Wildman–Crippen MR) is 76.5 cm³/mol. The second kappa shape index (κ2) is 5.57. The van der Waals surface area contributed by atoms with Crippen molar-refractivity contribution in [3.05, 3.63) is 23.0 Å². The van der Waals surface area contributed by atoms with Gasteiger partial charge in [0.1, 0.15) is 0 Å². The zero-order chi connectivity index (χ0) is 14.0. The van der Waals surface area contributed by atoms with Gasteiger partial charge in [0.05, 0.1) is 23.0 Å². The molecule has 1 aliphatic rings. The van der Waals surface area contributed by atoms with Gasteiger partial charge in [-0.05, 0) is 26.3 Å². The van der Waals surface area contributed by atoms with Crippen molar-refractivity contribution in [3.8, 4) is 0 Å². The monoisotopic (exact) mass is 262 g/mol. The van der Waals surface area contributed by atoms with E-state index in [4.69, 9.17) is 5.73 Å². The molecule has 1 aromatic rings. The number of aryl methyl sites for hydroxylation is 2. The minimum absolute atomic E-state index is 0.395. The molecule has 104 valence electrons. The van der Waals surface area contributed by atoms with Gasteiger partial charge in [0.15, 0.2) is 0 Å². The first kappa shape index (κ1) is 13.8. The van der Waals surface area contributed by atoms with E-state index in [1.54, 1.807) is 0 Å². The van der Waals surface area contributed by atoms with Crippen molar-refractivity contribution >= 4 is 11.6 Å². The Balaban J connectivity index is 2.47. The molecule has 5 heteroatoms. The first-order valence-electron chi connectivity index (χ1n) is 6.80. The molecule has 0 aromatic carbocycles. The summed E-state index contributed by atoms with van der Waals surface area (Å²) in [7, 11) is 0. The number of nitrogens with two attached hydrogens (primary N) is 1. The molecule has 5 nitrogen and oxygen atoms in total. The highest BCUT2D eigenvalue weighted by Gasteiger charge is 2.28. The van der Waals surface area contributed by atoms with Gasteiger partial charge in [0.2, 0.25) is 0 Å². The summed E-state index contributed by atoms with van der Waals surface area (Å²) in [5.74, 6) is -0.395. The minimum Gasteiger partial charge on any atom is -0.365 e. The molecular formula is C14H22N4O. The highest BCUT2D eigenvalue weighted by atomic mass is 16.1. The van der Waals surface area contributed by atoms with Crippen molar-refractivity contribution < 1.29 is 4.79 Å². The largest absolute Gasteiger partial charge is 0.365 e. The summed E-state index contributed by atoms with van der Waals surface area (Å²) in [4.78, 5) is 18.4. The second-order valence-corrected chi connectivity index (χ2v) is 5.11. The van der Waals surface area contributed by atoms with E-state index in [2.05, 4.69) is 22.1 Å². The molecule has 2 heterocycles. The number of hydrogen-bond donors (Lipinski definition) is 2. The van der Waals surface area contributed by atoms with Gasteiger partial charge < -0.3 is 16.0 Å².